The Bertz CT molecular complexity index is 434. The summed E-state index contributed by atoms with van der Waals surface area (Å²) in [6.07, 6.45) is 4.97. The molecular formula is C16H28N2OS. The summed E-state index contributed by atoms with van der Waals surface area (Å²) in [7, 11) is 1.83. The molecule has 3 nitrogen and oxygen atoms in total. The van der Waals surface area contributed by atoms with E-state index in [-0.39, 0.29) is 17.1 Å². The number of ether oxygens (including phenoxy) is 1. The Labute approximate surface area is 127 Å². The number of methoxy groups -OCH3 is 1. The molecule has 0 spiro atoms. The van der Waals surface area contributed by atoms with Crippen LogP contribution in [-0.4, -0.2) is 24.7 Å². The van der Waals surface area contributed by atoms with Crippen LogP contribution in [0.25, 0.3) is 0 Å². The molecule has 1 aliphatic carbocycles. The van der Waals surface area contributed by atoms with Gasteiger partial charge in [0, 0.05) is 17.9 Å². The van der Waals surface area contributed by atoms with E-state index in [4.69, 9.17) is 9.72 Å². The molecule has 20 heavy (non-hydrogen) atoms. The van der Waals surface area contributed by atoms with Gasteiger partial charge in [-0.15, -0.1) is 11.3 Å². The van der Waals surface area contributed by atoms with Gasteiger partial charge in [0.25, 0.3) is 0 Å². The average Bonchev–Trinajstić information content (AvgIpc) is 2.89. The normalized spacial score (nSPS) is 27.8. The Morgan fingerprint density at radius 2 is 2.20 bits per heavy atom. The molecule has 0 aliphatic heterocycles. The van der Waals surface area contributed by atoms with Crippen molar-refractivity contribution in [3.63, 3.8) is 0 Å². The fourth-order valence-electron chi connectivity index (χ4n) is 3.12. The van der Waals surface area contributed by atoms with E-state index in [1.54, 1.807) is 11.3 Å². The summed E-state index contributed by atoms with van der Waals surface area (Å²) >= 11 is 1.79. The number of thiazole rings is 1. The lowest BCUT2D eigenvalue weighted by Crippen LogP contribution is -2.54. The van der Waals surface area contributed by atoms with Crippen molar-refractivity contribution in [2.24, 2.45) is 0 Å². The van der Waals surface area contributed by atoms with Crippen LogP contribution in [-0.2, 0) is 15.7 Å². The molecule has 114 valence electrons. The van der Waals surface area contributed by atoms with Gasteiger partial charge in [0.1, 0.15) is 5.01 Å². The van der Waals surface area contributed by atoms with Crippen molar-refractivity contribution >= 4 is 11.3 Å². The minimum absolute atomic E-state index is 0.0874. The van der Waals surface area contributed by atoms with Gasteiger partial charge in [-0.25, -0.2) is 4.98 Å². The first-order valence-corrected chi connectivity index (χ1v) is 8.56. The van der Waals surface area contributed by atoms with Gasteiger partial charge in [-0.05, 0) is 19.4 Å². The van der Waals surface area contributed by atoms with Crippen LogP contribution in [0.1, 0.15) is 64.1 Å². The predicted octanol–water partition coefficient (Wildman–Crippen LogP) is 3.83. The standard InChI is InChI=1S/C16H28N2OS/c1-6-17-16(10-8-7-9-13(16)19-5)14-18-12(11-20-14)15(2,3)4/h11,13,17H,6-10H2,1-5H3. The minimum atomic E-state index is -0.0874. The number of aromatic nitrogens is 1. The predicted molar refractivity (Wildman–Crippen MR) is 85.4 cm³/mol. The number of nitrogens with zero attached hydrogens (tertiary/aromatic N) is 1. The summed E-state index contributed by atoms with van der Waals surface area (Å²) in [6, 6.07) is 0. The minimum Gasteiger partial charge on any atom is -0.379 e. The quantitative estimate of drug-likeness (QED) is 0.917. The zero-order valence-corrected chi connectivity index (χ0v) is 14.3. The Kier molecular flexibility index (Phi) is 4.88. The van der Waals surface area contributed by atoms with Gasteiger partial charge in [-0.2, -0.15) is 0 Å². The molecule has 0 aromatic carbocycles. The SMILES string of the molecule is CCNC1(c2nc(C(C)(C)C)cs2)CCCCC1OC. The Morgan fingerprint density at radius 3 is 2.75 bits per heavy atom. The van der Waals surface area contributed by atoms with E-state index in [1.165, 1.54) is 23.5 Å². The van der Waals surface area contributed by atoms with E-state index < -0.39 is 0 Å². The second-order valence-electron chi connectivity index (χ2n) is 6.76. The second kappa shape index (κ2) is 6.12. The highest BCUT2D eigenvalue weighted by atomic mass is 32.1. The van der Waals surface area contributed by atoms with Crippen LogP contribution < -0.4 is 5.32 Å². The molecule has 2 rings (SSSR count). The summed E-state index contributed by atoms with van der Waals surface area (Å²) in [6.45, 7) is 9.78. The highest BCUT2D eigenvalue weighted by Crippen LogP contribution is 2.41. The fourth-order valence-corrected chi connectivity index (χ4v) is 4.42. The Morgan fingerprint density at radius 1 is 1.45 bits per heavy atom. The molecule has 1 N–H and O–H groups in total. The molecule has 0 saturated heterocycles. The Balaban J connectivity index is 2.38. The third kappa shape index (κ3) is 2.92. The monoisotopic (exact) mass is 296 g/mol. The third-order valence-electron chi connectivity index (χ3n) is 4.27. The maximum Gasteiger partial charge on any atom is 0.116 e. The molecule has 1 aromatic heterocycles. The molecule has 2 unspecified atom stereocenters. The van der Waals surface area contributed by atoms with Crippen LogP contribution in [0.3, 0.4) is 0 Å². The van der Waals surface area contributed by atoms with Crippen molar-refractivity contribution in [2.75, 3.05) is 13.7 Å². The first-order valence-electron chi connectivity index (χ1n) is 7.68. The van der Waals surface area contributed by atoms with Crippen LogP contribution >= 0.6 is 11.3 Å². The Hall–Kier alpha value is -0.450. The molecule has 1 aliphatic rings. The maximum atomic E-state index is 5.81. The van der Waals surface area contributed by atoms with Crippen LogP contribution in [0, 0.1) is 0 Å². The molecule has 0 radical (unpaired) electrons. The zero-order valence-electron chi connectivity index (χ0n) is 13.5. The average molecular weight is 296 g/mol. The molecule has 4 heteroatoms. The topological polar surface area (TPSA) is 34.2 Å². The zero-order chi connectivity index (χ0) is 14.8. The molecule has 1 aromatic rings. The van der Waals surface area contributed by atoms with E-state index in [2.05, 4.69) is 38.4 Å². The van der Waals surface area contributed by atoms with Crippen molar-refractivity contribution in [3.05, 3.63) is 16.1 Å². The van der Waals surface area contributed by atoms with E-state index in [0.717, 1.165) is 19.4 Å². The molecule has 0 bridgehead atoms. The van der Waals surface area contributed by atoms with Gasteiger partial charge in [-0.1, -0.05) is 40.5 Å². The molecule has 1 heterocycles. The molecule has 2 atom stereocenters. The largest absolute Gasteiger partial charge is 0.379 e. The van der Waals surface area contributed by atoms with Crippen LogP contribution in [0.4, 0.5) is 0 Å². The summed E-state index contributed by atoms with van der Waals surface area (Å²) in [5, 5.41) is 7.13. The van der Waals surface area contributed by atoms with Crippen LogP contribution in [0.2, 0.25) is 0 Å². The van der Waals surface area contributed by atoms with Gasteiger partial charge in [0.15, 0.2) is 0 Å². The summed E-state index contributed by atoms with van der Waals surface area (Å²) in [5.41, 5.74) is 1.21. The first kappa shape index (κ1) is 15.9. The highest BCUT2D eigenvalue weighted by molar-refractivity contribution is 7.09. The molecular weight excluding hydrogens is 268 g/mol. The smallest absolute Gasteiger partial charge is 0.116 e. The maximum absolute atomic E-state index is 5.81. The summed E-state index contributed by atoms with van der Waals surface area (Å²) in [4.78, 5) is 4.97. The molecule has 0 amide bonds. The number of hydrogen-bond acceptors (Lipinski definition) is 4. The first-order chi connectivity index (χ1) is 9.44. The van der Waals surface area contributed by atoms with E-state index in [9.17, 15) is 0 Å². The van der Waals surface area contributed by atoms with Crippen molar-refractivity contribution in [3.8, 4) is 0 Å². The number of likely N-dealkylation sites (N-methyl/N-ethyl adjacent to an activating group) is 1. The summed E-state index contributed by atoms with van der Waals surface area (Å²) < 4.78 is 5.81. The lowest BCUT2D eigenvalue weighted by atomic mass is 9.79. The summed E-state index contributed by atoms with van der Waals surface area (Å²) in [5.74, 6) is 0. The van der Waals surface area contributed by atoms with Gasteiger partial charge < -0.3 is 10.1 Å². The van der Waals surface area contributed by atoms with E-state index >= 15 is 0 Å². The van der Waals surface area contributed by atoms with Crippen LogP contribution in [0.15, 0.2) is 5.38 Å². The third-order valence-corrected chi connectivity index (χ3v) is 5.29. The van der Waals surface area contributed by atoms with Gasteiger partial charge >= 0.3 is 0 Å². The van der Waals surface area contributed by atoms with Crippen molar-refractivity contribution < 1.29 is 4.74 Å². The number of nitrogens with one attached hydrogen (secondary N) is 1. The lowest BCUT2D eigenvalue weighted by molar-refractivity contribution is -0.0148. The van der Waals surface area contributed by atoms with Crippen molar-refractivity contribution in [1.29, 1.82) is 0 Å². The van der Waals surface area contributed by atoms with Crippen molar-refractivity contribution in [1.82, 2.24) is 10.3 Å². The number of rotatable bonds is 4. The van der Waals surface area contributed by atoms with E-state index in [1.807, 2.05) is 7.11 Å². The van der Waals surface area contributed by atoms with Gasteiger partial charge in [0.2, 0.25) is 0 Å². The molecule has 1 saturated carbocycles. The lowest BCUT2D eigenvalue weighted by Gasteiger charge is -2.42. The van der Waals surface area contributed by atoms with Gasteiger partial charge in [-0.3, -0.25) is 0 Å². The fraction of sp³-hybridized carbons (Fsp3) is 0.812. The van der Waals surface area contributed by atoms with Gasteiger partial charge in [0.05, 0.1) is 17.3 Å². The molecule has 1 fully saturated rings. The second-order valence-corrected chi connectivity index (χ2v) is 7.62. The van der Waals surface area contributed by atoms with Crippen LogP contribution in [0.5, 0.6) is 0 Å². The van der Waals surface area contributed by atoms with E-state index in [0.29, 0.717) is 0 Å². The van der Waals surface area contributed by atoms with Crippen molar-refractivity contribution in [2.45, 2.75) is 70.4 Å². The number of hydrogen-bond donors (Lipinski definition) is 1. The highest BCUT2D eigenvalue weighted by Gasteiger charge is 2.44.